The van der Waals surface area contributed by atoms with E-state index in [1.165, 1.54) is 0 Å². The average Bonchev–Trinajstić information content (AvgIpc) is 2.75. The van der Waals surface area contributed by atoms with Gasteiger partial charge in [-0.25, -0.2) is 0 Å². The second-order valence-electron chi connectivity index (χ2n) is 6.16. The lowest BCUT2D eigenvalue weighted by Crippen LogP contribution is -2.39. The molecule has 0 saturated carbocycles. The molecule has 0 amide bonds. The van der Waals surface area contributed by atoms with Crippen molar-refractivity contribution >= 4 is 12.6 Å². The molecule has 0 spiro atoms. The van der Waals surface area contributed by atoms with Crippen molar-refractivity contribution in [2.75, 3.05) is 0 Å². The van der Waals surface area contributed by atoms with E-state index in [4.69, 9.17) is 12.6 Å². The molecule has 0 atom stereocenters. The molecule has 0 fully saturated rings. The number of thiol groups is 1. The van der Waals surface area contributed by atoms with Crippen LogP contribution < -0.4 is 10.00 Å². The fourth-order valence-corrected chi connectivity index (χ4v) is 3.67. The van der Waals surface area contributed by atoms with Crippen LogP contribution in [0.15, 0.2) is 101 Å². The van der Waals surface area contributed by atoms with Gasteiger partial charge in [0.2, 0.25) is 0 Å². The summed E-state index contributed by atoms with van der Waals surface area (Å²) < 4.78 is 3.55. The van der Waals surface area contributed by atoms with Gasteiger partial charge in [-0.05, 0) is 12.1 Å². The zero-order valence-electron chi connectivity index (χ0n) is 14.9. The summed E-state index contributed by atoms with van der Waals surface area (Å²) in [5, 5.41) is 10.4. The zero-order valence-corrected chi connectivity index (χ0v) is 15.8. The quantitative estimate of drug-likeness (QED) is 0.431. The van der Waals surface area contributed by atoms with Crippen molar-refractivity contribution in [1.29, 1.82) is 5.26 Å². The first-order valence-electron chi connectivity index (χ1n) is 8.72. The summed E-state index contributed by atoms with van der Waals surface area (Å²) in [6, 6.07) is 26.7. The van der Waals surface area contributed by atoms with Crippen LogP contribution in [0, 0.1) is 11.3 Å². The van der Waals surface area contributed by atoms with Crippen LogP contribution in [0.4, 0.5) is 0 Å². The number of nitrogens with zero attached hydrogens (tertiary/aromatic N) is 3. The first-order valence-corrected chi connectivity index (χ1v) is 9.16. The predicted octanol–water partition coefficient (Wildman–Crippen LogP) is 3.94. The molecule has 4 rings (SSSR count). The summed E-state index contributed by atoms with van der Waals surface area (Å²) in [5.41, 5.74) is 2.20. The Labute approximate surface area is 168 Å². The minimum atomic E-state index is -0.352. The van der Waals surface area contributed by atoms with Gasteiger partial charge in [0.15, 0.2) is 17.4 Å². The number of hydrogen-bond donors (Lipinski definition) is 1. The second-order valence-corrected chi connectivity index (χ2v) is 6.58. The van der Waals surface area contributed by atoms with Gasteiger partial charge in [-0.15, -0.1) is 12.6 Å². The molecule has 0 saturated heterocycles. The molecule has 0 aliphatic carbocycles. The fraction of sp³-hybridized carbons (Fsp3) is 0. The van der Waals surface area contributed by atoms with Gasteiger partial charge in [-0.2, -0.15) is 9.83 Å². The fourth-order valence-electron chi connectivity index (χ4n) is 3.23. The molecule has 4 nitrogen and oxygen atoms in total. The third kappa shape index (κ3) is 3.00. The average molecular weight is 382 g/mol. The Morgan fingerprint density at radius 3 is 2.04 bits per heavy atom. The minimum absolute atomic E-state index is 0.0826. The van der Waals surface area contributed by atoms with Crippen LogP contribution in [0.1, 0.15) is 5.56 Å². The molecule has 28 heavy (non-hydrogen) atoms. The molecule has 0 bridgehead atoms. The molecular weight excluding hydrogens is 366 g/mol. The van der Waals surface area contributed by atoms with Crippen LogP contribution in [0.5, 0.6) is 0 Å². The van der Waals surface area contributed by atoms with Gasteiger partial charge in [-0.3, -0.25) is 9.36 Å². The standard InChI is InChI=1S/C23H15N3OS/c24-16-19-20(17-10-4-1-5-11-17)26(18-12-6-2-7-13-18)23(28)21(22(19)27)25-14-8-3-9-15-25/h1-15H/p+1. The van der Waals surface area contributed by atoms with Crippen LogP contribution in [-0.4, -0.2) is 4.57 Å². The maximum atomic E-state index is 13.3. The van der Waals surface area contributed by atoms with Crippen LogP contribution in [0.25, 0.3) is 22.6 Å². The van der Waals surface area contributed by atoms with E-state index < -0.39 is 0 Å². The maximum absolute atomic E-state index is 13.3. The summed E-state index contributed by atoms with van der Waals surface area (Å²) >= 11 is 4.74. The summed E-state index contributed by atoms with van der Waals surface area (Å²) in [5.74, 6) is 0. The van der Waals surface area contributed by atoms with Gasteiger partial charge >= 0.3 is 0 Å². The van der Waals surface area contributed by atoms with Crippen molar-refractivity contribution in [3.8, 4) is 28.7 Å². The van der Waals surface area contributed by atoms with Gasteiger partial charge in [0.25, 0.3) is 11.1 Å². The smallest absolute Gasteiger partial charge is 0.290 e. The van der Waals surface area contributed by atoms with Crippen molar-refractivity contribution in [2.45, 2.75) is 5.03 Å². The van der Waals surface area contributed by atoms with Crippen molar-refractivity contribution < 1.29 is 4.57 Å². The Balaban J connectivity index is 2.19. The zero-order chi connectivity index (χ0) is 19.5. The van der Waals surface area contributed by atoms with E-state index in [0.29, 0.717) is 16.4 Å². The van der Waals surface area contributed by atoms with Crippen LogP contribution in [0.2, 0.25) is 0 Å². The third-order valence-electron chi connectivity index (χ3n) is 4.47. The summed E-state index contributed by atoms with van der Waals surface area (Å²) in [7, 11) is 0. The van der Waals surface area contributed by atoms with Gasteiger partial charge in [0.1, 0.15) is 11.6 Å². The molecule has 0 radical (unpaired) electrons. The van der Waals surface area contributed by atoms with Crippen LogP contribution in [-0.2, 0) is 0 Å². The van der Waals surface area contributed by atoms with E-state index in [-0.39, 0.29) is 11.0 Å². The second kappa shape index (κ2) is 7.55. The molecule has 4 aromatic rings. The summed E-state index contributed by atoms with van der Waals surface area (Å²) in [6.45, 7) is 0. The SMILES string of the molecule is N#Cc1c(-c2ccccc2)n(-c2ccccc2)c(S)c(-[n+]2ccccc2)c1=O. The maximum Gasteiger partial charge on any atom is 0.290 e. The number of para-hydroxylation sites is 1. The highest BCUT2D eigenvalue weighted by atomic mass is 32.1. The molecule has 134 valence electrons. The number of benzene rings is 2. The van der Waals surface area contributed by atoms with Crippen molar-refractivity contribution in [3.05, 3.63) is 107 Å². The van der Waals surface area contributed by atoms with Gasteiger partial charge in [-0.1, -0.05) is 54.6 Å². The van der Waals surface area contributed by atoms with Gasteiger partial charge < -0.3 is 0 Å². The number of pyridine rings is 2. The van der Waals surface area contributed by atoms with Crippen LogP contribution >= 0.6 is 12.6 Å². The Kier molecular flexibility index (Phi) is 4.79. The van der Waals surface area contributed by atoms with E-state index in [0.717, 1.165) is 11.3 Å². The molecule has 2 heterocycles. The first kappa shape index (κ1) is 17.8. The summed E-state index contributed by atoms with van der Waals surface area (Å²) in [6.07, 6.45) is 3.55. The largest absolute Gasteiger partial charge is 0.297 e. The van der Waals surface area contributed by atoms with E-state index >= 15 is 0 Å². The Morgan fingerprint density at radius 1 is 0.857 bits per heavy atom. The highest BCUT2D eigenvalue weighted by molar-refractivity contribution is 7.80. The minimum Gasteiger partial charge on any atom is -0.297 e. The van der Waals surface area contributed by atoms with E-state index in [2.05, 4.69) is 6.07 Å². The van der Waals surface area contributed by atoms with Crippen molar-refractivity contribution in [2.24, 2.45) is 0 Å². The molecule has 0 aliphatic rings. The molecular formula is C23H16N3OS+. The number of nitriles is 1. The van der Waals surface area contributed by atoms with E-state index in [1.807, 2.05) is 83.4 Å². The molecule has 5 heteroatoms. The van der Waals surface area contributed by atoms with E-state index in [9.17, 15) is 10.1 Å². The van der Waals surface area contributed by atoms with Crippen molar-refractivity contribution in [3.63, 3.8) is 0 Å². The Hall–Kier alpha value is -3.62. The van der Waals surface area contributed by atoms with E-state index in [1.54, 1.807) is 17.0 Å². The lowest BCUT2D eigenvalue weighted by Gasteiger charge is -2.18. The van der Waals surface area contributed by atoms with Crippen molar-refractivity contribution in [1.82, 2.24) is 4.57 Å². The lowest BCUT2D eigenvalue weighted by molar-refractivity contribution is -0.599. The highest BCUT2D eigenvalue weighted by Gasteiger charge is 2.27. The number of aromatic nitrogens is 2. The molecule has 2 aromatic carbocycles. The predicted molar refractivity (Wildman–Crippen MR) is 111 cm³/mol. The Morgan fingerprint density at radius 2 is 1.43 bits per heavy atom. The Bertz CT molecular complexity index is 1230. The molecule has 2 aromatic heterocycles. The summed E-state index contributed by atoms with van der Waals surface area (Å²) in [4.78, 5) is 13.3. The number of hydrogen-bond acceptors (Lipinski definition) is 3. The highest BCUT2D eigenvalue weighted by Crippen LogP contribution is 2.30. The van der Waals surface area contributed by atoms with Gasteiger partial charge in [0.05, 0.1) is 5.69 Å². The molecule has 0 unspecified atom stereocenters. The monoisotopic (exact) mass is 382 g/mol. The van der Waals surface area contributed by atoms with Crippen LogP contribution in [0.3, 0.4) is 0 Å². The first-order chi connectivity index (χ1) is 13.7. The normalized spacial score (nSPS) is 10.4. The number of rotatable bonds is 3. The third-order valence-corrected chi connectivity index (χ3v) is 4.89. The van der Waals surface area contributed by atoms with Gasteiger partial charge in [0, 0.05) is 23.4 Å². The molecule has 0 aliphatic heterocycles. The lowest BCUT2D eigenvalue weighted by atomic mass is 10.0. The topological polar surface area (TPSA) is 49.7 Å². The molecule has 0 N–H and O–H groups in total.